The fourth-order valence-corrected chi connectivity index (χ4v) is 1.90. The fraction of sp³-hybridized carbons (Fsp3) is 0.591. The molecule has 1 aromatic rings. The summed E-state index contributed by atoms with van der Waals surface area (Å²) in [4.78, 5) is 9.84. The average Bonchev–Trinajstić information content (AvgIpc) is 2.82. The largest absolute Gasteiger partial charge is 0.466 e. The lowest BCUT2D eigenvalue weighted by Gasteiger charge is -2.13. The molecule has 1 unspecified atom stereocenters. The van der Waals surface area contributed by atoms with Crippen molar-refractivity contribution in [3.05, 3.63) is 43.0 Å². The second-order valence-corrected chi connectivity index (χ2v) is 5.86. The molecule has 0 amide bonds. The number of para-hydroxylation sites is 1. The van der Waals surface area contributed by atoms with Crippen LogP contribution in [0.4, 0.5) is 0 Å². The lowest BCUT2D eigenvalue weighted by atomic mass is 10.3. The molecule has 10 nitrogen and oxygen atoms in total. The summed E-state index contributed by atoms with van der Waals surface area (Å²) in [5.41, 5.74) is 0. The molecule has 184 valence electrons. The highest BCUT2D eigenvalue weighted by Crippen LogP contribution is 2.09. The molecule has 0 aliphatic carbocycles. The van der Waals surface area contributed by atoms with Crippen LogP contribution in [0.15, 0.2) is 43.0 Å². The first kappa shape index (κ1) is 29.9. The van der Waals surface area contributed by atoms with E-state index >= 15 is 0 Å². The van der Waals surface area contributed by atoms with E-state index in [1.54, 1.807) is 12.1 Å². The topological polar surface area (TPSA) is 122 Å². The maximum atomic E-state index is 9.84. The van der Waals surface area contributed by atoms with E-state index in [0.717, 1.165) is 6.08 Å². The van der Waals surface area contributed by atoms with Gasteiger partial charge in [-0.2, -0.15) is 0 Å². The smallest absolute Gasteiger partial charge is 0.329 e. The van der Waals surface area contributed by atoms with Crippen LogP contribution in [0.1, 0.15) is 0 Å². The van der Waals surface area contributed by atoms with Crippen LogP contribution in [0.3, 0.4) is 0 Å². The van der Waals surface area contributed by atoms with Crippen molar-refractivity contribution >= 4 is 5.97 Å². The van der Waals surface area contributed by atoms with Crippen molar-refractivity contribution in [1.29, 1.82) is 0 Å². The summed E-state index contributed by atoms with van der Waals surface area (Å²) in [6.45, 7) is 7.25. The highest BCUT2D eigenvalue weighted by Gasteiger charge is 2.05. The molecule has 1 atom stereocenters. The summed E-state index contributed by atoms with van der Waals surface area (Å²) < 4.78 is 35.7. The van der Waals surface area contributed by atoms with Crippen LogP contribution in [0, 0.1) is 0 Å². The molecule has 10 heteroatoms. The lowest BCUT2D eigenvalue weighted by Crippen LogP contribution is -2.23. The Morgan fingerprint density at radius 3 is 1.75 bits per heavy atom. The minimum atomic E-state index is -1.00. The normalized spacial score (nSPS) is 11.2. The number of carbonyl (C=O) groups excluding carboxylic acids is 1. The molecule has 0 saturated heterocycles. The van der Waals surface area contributed by atoms with Gasteiger partial charge in [0.2, 0.25) is 6.29 Å². The second-order valence-electron chi connectivity index (χ2n) is 5.86. The van der Waals surface area contributed by atoms with Crippen molar-refractivity contribution < 1.29 is 48.2 Å². The zero-order valence-electron chi connectivity index (χ0n) is 18.7. The number of methoxy groups -OCH3 is 1. The molecule has 0 aliphatic heterocycles. The van der Waals surface area contributed by atoms with Crippen molar-refractivity contribution in [3.63, 3.8) is 0 Å². The number of aliphatic hydroxyl groups excluding tert-OH is 2. The van der Waals surface area contributed by atoms with Gasteiger partial charge < -0.3 is 43.4 Å². The van der Waals surface area contributed by atoms with Gasteiger partial charge in [-0.3, -0.25) is 0 Å². The van der Waals surface area contributed by atoms with Gasteiger partial charge in [0.25, 0.3) is 0 Å². The Morgan fingerprint density at radius 1 is 0.875 bits per heavy atom. The SMILES string of the molecule is C=CC(=O)OC.OCCOCCOCCOCCOCCOCC(O)Oc1ccccc1. The Balaban J connectivity index is 0.00000140. The van der Waals surface area contributed by atoms with Crippen molar-refractivity contribution in [2.45, 2.75) is 6.29 Å². The van der Waals surface area contributed by atoms with Gasteiger partial charge in [0.15, 0.2) is 0 Å². The molecule has 0 fully saturated rings. The van der Waals surface area contributed by atoms with Gasteiger partial charge >= 0.3 is 5.97 Å². The van der Waals surface area contributed by atoms with Gasteiger partial charge in [0, 0.05) is 6.08 Å². The van der Waals surface area contributed by atoms with Crippen molar-refractivity contribution in [2.24, 2.45) is 0 Å². The standard InChI is InChI=1S/C18H30O8.C4H6O2/c19-6-7-21-8-9-22-10-11-23-12-13-24-14-15-25-16-18(20)26-17-4-2-1-3-5-17;1-3-4(5)6-2/h1-5,18-20H,6-16H2;3H,1H2,2H3. The van der Waals surface area contributed by atoms with Crippen LogP contribution >= 0.6 is 0 Å². The summed E-state index contributed by atoms with van der Waals surface area (Å²) in [5, 5.41) is 18.2. The molecule has 0 bridgehead atoms. The van der Waals surface area contributed by atoms with E-state index in [0.29, 0.717) is 65.2 Å². The Morgan fingerprint density at radius 2 is 1.34 bits per heavy atom. The molecule has 0 aromatic heterocycles. The van der Waals surface area contributed by atoms with E-state index in [4.69, 9.17) is 33.5 Å². The molecular weight excluding hydrogens is 424 g/mol. The number of rotatable bonds is 19. The number of aliphatic hydroxyl groups is 2. The monoisotopic (exact) mass is 460 g/mol. The Labute approximate surface area is 189 Å². The molecule has 0 spiro atoms. The number of benzene rings is 1. The van der Waals surface area contributed by atoms with Crippen molar-refractivity contribution in [3.8, 4) is 5.75 Å². The first-order valence-electron chi connectivity index (χ1n) is 10.2. The average molecular weight is 461 g/mol. The molecule has 1 rings (SSSR count). The summed E-state index contributed by atoms with van der Waals surface area (Å²) in [6, 6.07) is 9.07. The molecule has 2 N–H and O–H groups in total. The maximum absolute atomic E-state index is 9.84. The van der Waals surface area contributed by atoms with Crippen molar-refractivity contribution in [2.75, 3.05) is 79.8 Å². The van der Waals surface area contributed by atoms with E-state index in [-0.39, 0.29) is 13.2 Å². The number of ether oxygens (including phenoxy) is 7. The zero-order valence-corrected chi connectivity index (χ0v) is 18.7. The predicted octanol–water partition coefficient (Wildman–Crippen LogP) is 0.805. The summed E-state index contributed by atoms with van der Waals surface area (Å²) in [6.07, 6.45) is 0.106. The third-order valence-corrected chi connectivity index (χ3v) is 3.37. The van der Waals surface area contributed by atoms with Crippen LogP contribution in [0.25, 0.3) is 0 Å². The first-order chi connectivity index (χ1) is 15.6. The summed E-state index contributed by atoms with van der Waals surface area (Å²) in [7, 11) is 1.31. The van der Waals surface area contributed by atoms with Crippen LogP contribution in [-0.4, -0.2) is 102 Å². The van der Waals surface area contributed by atoms with E-state index in [1.807, 2.05) is 18.2 Å². The highest BCUT2D eigenvalue weighted by atomic mass is 16.6. The first-order valence-corrected chi connectivity index (χ1v) is 10.2. The highest BCUT2D eigenvalue weighted by molar-refractivity contribution is 5.80. The third-order valence-electron chi connectivity index (χ3n) is 3.37. The summed E-state index contributed by atoms with van der Waals surface area (Å²) >= 11 is 0. The molecule has 0 radical (unpaired) electrons. The third kappa shape index (κ3) is 21.2. The van der Waals surface area contributed by atoms with Gasteiger partial charge in [-0.15, -0.1) is 0 Å². The minimum Gasteiger partial charge on any atom is -0.466 e. The Kier molecular flexibility index (Phi) is 22.1. The minimum absolute atomic E-state index is 0.0240. The quantitative estimate of drug-likeness (QED) is 0.133. The lowest BCUT2D eigenvalue weighted by molar-refractivity contribution is -0.134. The number of esters is 1. The predicted molar refractivity (Wildman–Crippen MR) is 116 cm³/mol. The fourth-order valence-electron chi connectivity index (χ4n) is 1.90. The van der Waals surface area contributed by atoms with Gasteiger partial charge in [0.1, 0.15) is 12.4 Å². The van der Waals surface area contributed by atoms with Crippen LogP contribution < -0.4 is 4.74 Å². The zero-order chi connectivity index (χ0) is 23.7. The van der Waals surface area contributed by atoms with E-state index in [9.17, 15) is 9.90 Å². The molecule has 0 aliphatic rings. The molecule has 0 heterocycles. The molecular formula is C22H36O10. The van der Waals surface area contributed by atoms with Crippen LogP contribution in [0.5, 0.6) is 5.75 Å². The number of hydrogen-bond donors (Lipinski definition) is 2. The van der Waals surface area contributed by atoms with Gasteiger partial charge in [-0.05, 0) is 12.1 Å². The number of carbonyl (C=O) groups is 1. The van der Waals surface area contributed by atoms with Gasteiger partial charge in [-0.25, -0.2) is 4.79 Å². The van der Waals surface area contributed by atoms with Crippen LogP contribution in [-0.2, 0) is 33.2 Å². The van der Waals surface area contributed by atoms with Crippen LogP contribution in [0.2, 0.25) is 0 Å². The second kappa shape index (κ2) is 23.6. The molecule has 32 heavy (non-hydrogen) atoms. The number of hydrogen-bond acceptors (Lipinski definition) is 10. The molecule has 1 aromatic carbocycles. The maximum Gasteiger partial charge on any atom is 0.329 e. The summed E-state index contributed by atoms with van der Waals surface area (Å²) in [5.74, 6) is 0.202. The van der Waals surface area contributed by atoms with Gasteiger partial charge in [0.05, 0.1) is 73.2 Å². The Hall–Kier alpha value is -2.05. The van der Waals surface area contributed by atoms with Crippen molar-refractivity contribution in [1.82, 2.24) is 0 Å². The Bertz CT molecular complexity index is 541. The molecule has 0 saturated carbocycles. The van der Waals surface area contributed by atoms with E-state index in [2.05, 4.69) is 11.3 Å². The van der Waals surface area contributed by atoms with E-state index < -0.39 is 12.3 Å². The van der Waals surface area contributed by atoms with Gasteiger partial charge in [-0.1, -0.05) is 24.8 Å². The van der Waals surface area contributed by atoms with E-state index in [1.165, 1.54) is 7.11 Å².